The fraction of sp³-hybridized carbons (Fsp3) is 0.375. The molecule has 0 bridgehead atoms. The summed E-state index contributed by atoms with van der Waals surface area (Å²) < 4.78 is 11.9. The first-order valence-corrected chi connectivity index (χ1v) is 13.0. The van der Waals surface area contributed by atoms with Gasteiger partial charge in [0, 0.05) is 23.0 Å². The van der Waals surface area contributed by atoms with Gasteiger partial charge in [0.1, 0.15) is 11.5 Å². The van der Waals surface area contributed by atoms with Gasteiger partial charge in [0.25, 0.3) is 0 Å². The summed E-state index contributed by atoms with van der Waals surface area (Å²) in [6, 6.07) is 27.1. The maximum absolute atomic E-state index is 5.97. The Kier molecular flexibility index (Phi) is 11.1. The monoisotopic (exact) mass is 469 g/mol. The molecule has 3 rings (SSSR count). The van der Waals surface area contributed by atoms with Crippen LogP contribution in [0.4, 0.5) is 17.1 Å². The highest BCUT2D eigenvalue weighted by Crippen LogP contribution is 2.36. The van der Waals surface area contributed by atoms with Crippen molar-refractivity contribution in [1.82, 2.24) is 0 Å². The van der Waals surface area contributed by atoms with Crippen LogP contribution >= 0.6 is 0 Å². The number of unbranched alkanes of at least 4 members (excludes halogenated alkanes) is 3. The average molecular weight is 470 g/mol. The summed E-state index contributed by atoms with van der Waals surface area (Å²) in [5.41, 5.74) is 3.27. The Morgan fingerprint density at radius 2 is 1.23 bits per heavy atom. The van der Waals surface area contributed by atoms with Crippen LogP contribution in [0.1, 0.15) is 58.8 Å². The molecular formula is C32H39NO2. The molecule has 0 aliphatic carbocycles. The van der Waals surface area contributed by atoms with Gasteiger partial charge in [-0.1, -0.05) is 51.3 Å². The van der Waals surface area contributed by atoms with Gasteiger partial charge in [-0.3, -0.25) is 0 Å². The van der Waals surface area contributed by atoms with E-state index in [2.05, 4.69) is 85.3 Å². The molecule has 184 valence electrons. The molecule has 0 heterocycles. The highest BCUT2D eigenvalue weighted by molar-refractivity contribution is 5.76. The first kappa shape index (κ1) is 26.2. The number of ether oxygens (including phenoxy) is 2. The minimum atomic E-state index is 0.346. The summed E-state index contributed by atoms with van der Waals surface area (Å²) in [6.07, 6.45) is 13.4. The molecule has 0 spiro atoms. The van der Waals surface area contributed by atoms with E-state index >= 15 is 0 Å². The van der Waals surface area contributed by atoms with Crippen LogP contribution in [0.15, 0.2) is 78.9 Å². The Balaban J connectivity index is 1.66. The molecule has 0 aliphatic rings. The van der Waals surface area contributed by atoms with Crippen molar-refractivity contribution in [3.05, 3.63) is 78.9 Å². The third-order valence-electron chi connectivity index (χ3n) is 6.17. The van der Waals surface area contributed by atoms with Gasteiger partial charge in [-0.25, -0.2) is 0 Å². The highest BCUT2D eigenvalue weighted by Gasteiger charge is 2.12. The van der Waals surface area contributed by atoms with Gasteiger partial charge < -0.3 is 14.4 Å². The number of hydrogen-bond donors (Lipinski definition) is 0. The van der Waals surface area contributed by atoms with Crippen molar-refractivity contribution in [3.63, 3.8) is 0 Å². The molecule has 0 amide bonds. The molecule has 1 atom stereocenters. The molecule has 1 unspecified atom stereocenters. The summed E-state index contributed by atoms with van der Waals surface area (Å²) in [5, 5.41) is 0. The first-order chi connectivity index (χ1) is 17.2. The molecule has 0 N–H and O–H groups in total. The summed E-state index contributed by atoms with van der Waals surface area (Å²) in [7, 11) is 0. The molecule has 0 saturated carbocycles. The normalized spacial score (nSPS) is 11.5. The van der Waals surface area contributed by atoms with Crippen LogP contribution in [0, 0.1) is 18.3 Å². The fourth-order valence-electron chi connectivity index (χ4n) is 4.05. The number of nitrogens with zero attached hydrogens (tertiary/aromatic N) is 1. The third-order valence-corrected chi connectivity index (χ3v) is 6.17. The Morgan fingerprint density at radius 1 is 0.686 bits per heavy atom. The molecule has 0 aliphatic heterocycles. The van der Waals surface area contributed by atoms with Crippen molar-refractivity contribution in [1.29, 1.82) is 0 Å². The van der Waals surface area contributed by atoms with Gasteiger partial charge >= 0.3 is 0 Å². The van der Waals surface area contributed by atoms with E-state index in [4.69, 9.17) is 15.9 Å². The number of benzene rings is 3. The van der Waals surface area contributed by atoms with Crippen molar-refractivity contribution >= 4 is 17.1 Å². The average Bonchev–Trinajstić information content (AvgIpc) is 2.91. The van der Waals surface area contributed by atoms with Gasteiger partial charge in [-0.05, 0) is 86.3 Å². The second-order valence-electron chi connectivity index (χ2n) is 8.83. The van der Waals surface area contributed by atoms with E-state index in [1.165, 1.54) is 19.3 Å². The van der Waals surface area contributed by atoms with Crippen LogP contribution in [-0.4, -0.2) is 13.2 Å². The zero-order valence-corrected chi connectivity index (χ0v) is 21.3. The molecule has 3 aromatic carbocycles. The number of anilines is 3. The molecule has 35 heavy (non-hydrogen) atoms. The Hall–Kier alpha value is -3.38. The van der Waals surface area contributed by atoms with Crippen molar-refractivity contribution in [2.24, 2.45) is 5.92 Å². The zero-order chi connectivity index (χ0) is 24.7. The van der Waals surface area contributed by atoms with Gasteiger partial charge in [-0.15, -0.1) is 12.3 Å². The topological polar surface area (TPSA) is 21.7 Å². The Bertz CT molecular complexity index is 1010. The maximum Gasteiger partial charge on any atom is 0.119 e. The van der Waals surface area contributed by atoms with Gasteiger partial charge in [0.15, 0.2) is 0 Å². The summed E-state index contributed by atoms with van der Waals surface area (Å²) in [5.74, 6) is 4.99. The molecule has 3 aromatic rings. The van der Waals surface area contributed by atoms with Crippen molar-refractivity contribution in [3.8, 4) is 23.8 Å². The summed E-state index contributed by atoms with van der Waals surface area (Å²) in [6.45, 7) is 5.81. The Morgan fingerprint density at radius 3 is 1.74 bits per heavy atom. The van der Waals surface area contributed by atoms with Gasteiger partial charge in [0.2, 0.25) is 0 Å². The Labute approximate surface area is 212 Å². The van der Waals surface area contributed by atoms with Crippen molar-refractivity contribution < 1.29 is 9.47 Å². The summed E-state index contributed by atoms with van der Waals surface area (Å²) >= 11 is 0. The molecule has 0 aromatic heterocycles. The zero-order valence-electron chi connectivity index (χ0n) is 21.3. The van der Waals surface area contributed by atoms with Crippen LogP contribution in [0.25, 0.3) is 0 Å². The van der Waals surface area contributed by atoms with E-state index in [1.54, 1.807) is 0 Å². The number of para-hydroxylation sites is 1. The van der Waals surface area contributed by atoms with Crippen molar-refractivity contribution in [2.45, 2.75) is 58.8 Å². The largest absolute Gasteiger partial charge is 0.494 e. The number of terminal acetylenes is 1. The number of rotatable bonds is 15. The molecule has 3 heteroatoms. The van der Waals surface area contributed by atoms with E-state index in [0.717, 1.165) is 60.9 Å². The molecule has 0 fully saturated rings. The highest BCUT2D eigenvalue weighted by atomic mass is 16.5. The maximum atomic E-state index is 5.97. The standard InChI is InChI=1S/C32H39NO2/c1-4-7-8-12-25-34-31-21-17-29(18-22-31)33(28-15-10-9-11-16-28)30-19-23-32(24-20-30)35-26-13-14-27(5-2)6-3/h2,9-11,15-24,27H,4,6-8,12-14,25-26H2,1,3H3. The van der Waals surface area contributed by atoms with Gasteiger partial charge in [-0.2, -0.15) is 0 Å². The fourth-order valence-corrected chi connectivity index (χ4v) is 4.05. The van der Waals surface area contributed by atoms with E-state index in [1.807, 2.05) is 18.2 Å². The second kappa shape index (κ2) is 14.8. The van der Waals surface area contributed by atoms with Crippen LogP contribution in [-0.2, 0) is 0 Å². The van der Waals surface area contributed by atoms with Crippen LogP contribution in [0.3, 0.4) is 0 Å². The lowest BCUT2D eigenvalue weighted by Crippen LogP contribution is -2.10. The van der Waals surface area contributed by atoms with Gasteiger partial charge in [0.05, 0.1) is 13.2 Å². The van der Waals surface area contributed by atoms with E-state index in [0.29, 0.717) is 12.5 Å². The molecule has 3 nitrogen and oxygen atoms in total. The number of hydrogen-bond acceptors (Lipinski definition) is 3. The smallest absolute Gasteiger partial charge is 0.119 e. The van der Waals surface area contributed by atoms with E-state index in [9.17, 15) is 0 Å². The van der Waals surface area contributed by atoms with Crippen LogP contribution in [0.5, 0.6) is 11.5 Å². The predicted molar refractivity (Wildman–Crippen MR) is 148 cm³/mol. The van der Waals surface area contributed by atoms with Crippen molar-refractivity contribution in [2.75, 3.05) is 18.1 Å². The third kappa shape index (κ3) is 8.41. The first-order valence-electron chi connectivity index (χ1n) is 13.0. The lowest BCUT2D eigenvalue weighted by molar-refractivity contribution is 0.299. The second-order valence-corrected chi connectivity index (χ2v) is 8.83. The minimum absolute atomic E-state index is 0.346. The predicted octanol–water partition coefficient (Wildman–Crippen LogP) is 8.93. The van der Waals surface area contributed by atoms with Crippen LogP contribution < -0.4 is 14.4 Å². The quantitative estimate of drug-likeness (QED) is 0.164. The summed E-state index contributed by atoms with van der Waals surface area (Å²) in [4.78, 5) is 2.24. The molecular weight excluding hydrogens is 430 g/mol. The van der Waals surface area contributed by atoms with Crippen LogP contribution in [0.2, 0.25) is 0 Å². The lowest BCUT2D eigenvalue weighted by atomic mass is 10.0. The SMILES string of the molecule is C#CC(CC)CCCOc1ccc(N(c2ccccc2)c2ccc(OCCCCCC)cc2)cc1. The molecule has 0 saturated heterocycles. The molecule has 0 radical (unpaired) electrons. The van der Waals surface area contributed by atoms with E-state index < -0.39 is 0 Å². The van der Waals surface area contributed by atoms with E-state index in [-0.39, 0.29) is 0 Å². The lowest BCUT2D eigenvalue weighted by Gasteiger charge is -2.25. The minimum Gasteiger partial charge on any atom is -0.494 e.